The topological polar surface area (TPSA) is 51.0 Å². The van der Waals surface area contributed by atoms with Gasteiger partial charge in [-0.05, 0) is 36.8 Å². The molecule has 20 heavy (non-hydrogen) atoms. The summed E-state index contributed by atoms with van der Waals surface area (Å²) in [5.41, 5.74) is 4.52. The van der Waals surface area contributed by atoms with E-state index in [1.165, 1.54) is 17.5 Å². The molecule has 0 aliphatic rings. The van der Waals surface area contributed by atoms with E-state index in [-0.39, 0.29) is 0 Å². The summed E-state index contributed by atoms with van der Waals surface area (Å²) in [6.07, 6.45) is 1.33. The van der Waals surface area contributed by atoms with Crippen LogP contribution in [0.15, 0.2) is 59.3 Å². The van der Waals surface area contributed by atoms with Crippen molar-refractivity contribution in [1.82, 2.24) is 10.2 Å². The van der Waals surface area contributed by atoms with Crippen LogP contribution in [0.2, 0.25) is 0 Å². The minimum Gasteiger partial charge on any atom is -0.423 e. The number of nitrogens with zero attached hydrogens (tertiary/aromatic N) is 2. The maximum Gasteiger partial charge on any atom is 0.247 e. The molecule has 0 amide bonds. The number of aromatic nitrogens is 2. The van der Waals surface area contributed by atoms with Crippen LogP contribution in [0.4, 0.5) is 5.69 Å². The van der Waals surface area contributed by atoms with Gasteiger partial charge in [0.1, 0.15) is 0 Å². The third-order valence-electron chi connectivity index (χ3n) is 3.11. The van der Waals surface area contributed by atoms with Crippen molar-refractivity contribution in [2.75, 3.05) is 5.32 Å². The van der Waals surface area contributed by atoms with Crippen LogP contribution in [0.25, 0.3) is 11.5 Å². The highest BCUT2D eigenvalue weighted by Crippen LogP contribution is 2.19. The highest BCUT2D eigenvalue weighted by molar-refractivity contribution is 5.58. The van der Waals surface area contributed by atoms with Crippen LogP contribution in [-0.4, -0.2) is 10.2 Å². The Labute approximate surface area is 117 Å². The van der Waals surface area contributed by atoms with Gasteiger partial charge in [0.15, 0.2) is 0 Å². The number of aryl methyl sites for hydroxylation is 1. The monoisotopic (exact) mass is 265 g/mol. The molecular formula is C16H15N3O. The summed E-state index contributed by atoms with van der Waals surface area (Å²) in [4.78, 5) is 0. The number of nitrogens with one attached hydrogen (secondary N) is 1. The third-order valence-corrected chi connectivity index (χ3v) is 3.11. The lowest BCUT2D eigenvalue weighted by molar-refractivity contribution is 0.568. The first kappa shape index (κ1) is 12.4. The van der Waals surface area contributed by atoms with Crippen molar-refractivity contribution in [3.63, 3.8) is 0 Å². The van der Waals surface area contributed by atoms with Crippen LogP contribution >= 0.6 is 0 Å². The standard InChI is InChI=1S/C16H15N3O/c1-12-2-4-13(5-3-12)10-17-15-8-6-14(7-9-15)16-19-18-11-20-16/h2-9,11,17H,10H2,1H3. The highest BCUT2D eigenvalue weighted by Gasteiger charge is 2.02. The molecule has 0 unspecified atom stereocenters. The van der Waals surface area contributed by atoms with Crippen molar-refractivity contribution in [2.45, 2.75) is 13.5 Å². The van der Waals surface area contributed by atoms with E-state index in [9.17, 15) is 0 Å². The Kier molecular flexibility index (Phi) is 3.46. The highest BCUT2D eigenvalue weighted by atomic mass is 16.4. The van der Waals surface area contributed by atoms with Crippen LogP contribution in [-0.2, 0) is 6.54 Å². The molecule has 4 heteroatoms. The van der Waals surface area contributed by atoms with Gasteiger partial charge in [-0.2, -0.15) is 0 Å². The molecule has 0 radical (unpaired) electrons. The average molecular weight is 265 g/mol. The molecule has 0 atom stereocenters. The summed E-state index contributed by atoms with van der Waals surface area (Å²) in [5, 5.41) is 10.9. The maximum atomic E-state index is 5.16. The quantitative estimate of drug-likeness (QED) is 0.782. The first-order valence-corrected chi connectivity index (χ1v) is 6.47. The first-order valence-electron chi connectivity index (χ1n) is 6.47. The van der Waals surface area contributed by atoms with Crippen molar-refractivity contribution < 1.29 is 4.42 Å². The predicted octanol–water partition coefficient (Wildman–Crippen LogP) is 3.66. The van der Waals surface area contributed by atoms with Gasteiger partial charge in [-0.1, -0.05) is 29.8 Å². The van der Waals surface area contributed by atoms with Gasteiger partial charge in [-0.3, -0.25) is 0 Å². The van der Waals surface area contributed by atoms with Gasteiger partial charge in [0.05, 0.1) is 0 Å². The Hall–Kier alpha value is -2.62. The predicted molar refractivity (Wildman–Crippen MR) is 78.2 cm³/mol. The Morgan fingerprint density at radius 1 is 1.00 bits per heavy atom. The molecule has 3 aromatic rings. The van der Waals surface area contributed by atoms with Crippen LogP contribution in [0.3, 0.4) is 0 Å². The van der Waals surface area contributed by atoms with Crippen molar-refractivity contribution in [1.29, 1.82) is 0 Å². The summed E-state index contributed by atoms with van der Waals surface area (Å²) < 4.78 is 5.16. The fourth-order valence-electron chi connectivity index (χ4n) is 1.94. The molecule has 0 bridgehead atoms. The van der Waals surface area contributed by atoms with E-state index in [1.807, 2.05) is 24.3 Å². The molecule has 0 aliphatic carbocycles. The van der Waals surface area contributed by atoms with E-state index in [2.05, 4.69) is 46.7 Å². The summed E-state index contributed by atoms with van der Waals surface area (Å²) in [6, 6.07) is 16.5. The molecule has 0 spiro atoms. The van der Waals surface area contributed by atoms with Gasteiger partial charge in [-0.15, -0.1) is 10.2 Å². The molecule has 0 aliphatic heterocycles. The van der Waals surface area contributed by atoms with E-state index in [4.69, 9.17) is 4.42 Å². The Morgan fingerprint density at radius 2 is 1.75 bits per heavy atom. The molecule has 0 saturated carbocycles. The zero-order valence-corrected chi connectivity index (χ0v) is 11.2. The van der Waals surface area contributed by atoms with Crippen molar-refractivity contribution in [3.8, 4) is 11.5 Å². The molecular weight excluding hydrogens is 250 g/mol. The van der Waals surface area contributed by atoms with Gasteiger partial charge in [0.25, 0.3) is 0 Å². The van der Waals surface area contributed by atoms with E-state index >= 15 is 0 Å². The van der Waals surface area contributed by atoms with Gasteiger partial charge in [-0.25, -0.2) is 0 Å². The second-order valence-electron chi connectivity index (χ2n) is 4.66. The number of anilines is 1. The lowest BCUT2D eigenvalue weighted by atomic mass is 10.1. The van der Waals surface area contributed by atoms with Crippen LogP contribution in [0.5, 0.6) is 0 Å². The first-order chi connectivity index (χ1) is 9.81. The lowest BCUT2D eigenvalue weighted by Crippen LogP contribution is -1.99. The summed E-state index contributed by atoms with van der Waals surface area (Å²) in [6.45, 7) is 2.90. The zero-order chi connectivity index (χ0) is 13.8. The Balaban J connectivity index is 1.65. The van der Waals surface area contributed by atoms with Crippen molar-refractivity contribution >= 4 is 5.69 Å². The molecule has 0 fully saturated rings. The largest absolute Gasteiger partial charge is 0.423 e. The number of rotatable bonds is 4. The number of hydrogen-bond donors (Lipinski definition) is 1. The zero-order valence-electron chi connectivity index (χ0n) is 11.2. The summed E-state index contributed by atoms with van der Waals surface area (Å²) in [5.74, 6) is 0.537. The van der Waals surface area contributed by atoms with Gasteiger partial charge < -0.3 is 9.73 Å². The average Bonchev–Trinajstić information content (AvgIpc) is 3.01. The minimum absolute atomic E-state index is 0.537. The van der Waals surface area contributed by atoms with Crippen molar-refractivity contribution in [2.24, 2.45) is 0 Å². The van der Waals surface area contributed by atoms with Crippen LogP contribution in [0, 0.1) is 6.92 Å². The smallest absolute Gasteiger partial charge is 0.247 e. The molecule has 1 N–H and O–H groups in total. The number of benzene rings is 2. The molecule has 0 saturated heterocycles. The molecule has 100 valence electrons. The molecule has 3 rings (SSSR count). The summed E-state index contributed by atoms with van der Waals surface area (Å²) >= 11 is 0. The fraction of sp³-hybridized carbons (Fsp3) is 0.125. The van der Waals surface area contributed by atoms with E-state index in [0.29, 0.717) is 5.89 Å². The van der Waals surface area contributed by atoms with E-state index < -0.39 is 0 Å². The van der Waals surface area contributed by atoms with Gasteiger partial charge in [0, 0.05) is 17.8 Å². The Morgan fingerprint density at radius 3 is 2.40 bits per heavy atom. The van der Waals surface area contributed by atoms with Gasteiger partial charge in [0.2, 0.25) is 12.3 Å². The Bertz CT molecular complexity index is 658. The van der Waals surface area contributed by atoms with Gasteiger partial charge >= 0.3 is 0 Å². The minimum atomic E-state index is 0.537. The molecule has 2 aromatic carbocycles. The third kappa shape index (κ3) is 2.85. The molecule has 1 heterocycles. The molecule has 4 nitrogen and oxygen atoms in total. The lowest BCUT2D eigenvalue weighted by Gasteiger charge is -2.07. The maximum absolute atomic E-state index is 5.16. The normalized spacial score (nSPS) is 10.4. The summed E-state index contributed by atoms with van der Waals surface area (Å²) in [7, 11) is 0. The fourth-order valence-corrected chi connectivity index (χ4v) is 1.94. The van der Waals surface area contributed by atoms with Crippen molar-refractivity contribution in [3.05, 3.63) is 66.1 Å². The second kappa shape index (κ2) is 5.57. The van der Waals surface area contributed by atoms with E-state index in [1.54, 1.807) is 0 Å². The second-order valence-corrected chi connectivity index (χ2v) is 4.66. The van der Waals surface area contributed by atoms with Crippen LogP contribution in [0.1, 0.15) is 11.1 Å². The van der Waals surface area contributed by atoms with Crippen LogP contribution < -0.4 is 5.32 Å². The van der Waals surface area contributed by atoms with E-state index in [0.717, 1.165) is 17.8 Å². The SMILES string of the molecule is Cc1ccc(CNc2ccc(-c3nnco3)cc2)cc1. The number of hydrogen-bond acceptors (Lipinski definition) is 4. The molecule has 1 aromatic heterocycles.